The van der Waals surface area contributed by atoms with Gasteiger partial charge in [-0.3, -0.25) is 0 Å². The zero-order valence-corrected chi connectivity index (χ0v) is 26.9. The van der Waals surface area contributed by atoms with E-state index in [1.165, 1.54) is 0 Å². The maximum atomic E-state index is 5.30. The van der Waals surface area contributed by atoms with Gasteiger partial charge in [0.05, 0.1) is 104 Å². The minimum Gasteiger partial charge on any atom is -0.382 e. The minimum atomic E-state index is 0.275. The van der Waals surface area contributed by atoms with E-state index in [4.69, 9.17) is 47.4 Å². The van der Waals surface area contributed by atoms with E-state index in [2.05, 4.69) is 0 Å². The Morgan fingerprint density at radius 1 is 0.316 bits per heavy atom. The predicted molar refractivity (Wildman–Crippen MR) is 153 cm³/mol. The summed E-state index contributed by atoms with van der Waals surface area (Å²) in [4.78, 5) is 0. The summed E-state index contributed by atoms with van der Waals surface area (Å²) in [5, 5.41) is 0. The van der Waals surface area contributed by atoms with Gasteiger partial charge in [-0.2, -0.15) is 0 Å². The number of hydrogen-bond acceptors (Lipinski definition) is 10. The number of ether oxygens (including phenoxy) is 10. The molecule has 0 heterocycles. The van der Waals surface area contributed by atoms with E-state index < -0.39 is 0 Å². The monoisotopic (exact) mass is 560 g/mol. The van der Waals surface area contributed by atoms with Crippen molar-refractivity contribution in [2.24, 2.45) is 0 Å². The second kappa shape index (κ2) is 41.1. The van der Waals surface area contributed by atoms with Crippen LogP contribution in [0.2, 0.25) is 0 Å². The fourth-order valence-corrected chi connectivity index (χ4v) is 1.76. The van der Waals surface area contributed by atoms with Crippen molar-refractivity contribution in [1.82, 2.24) is 0 Å². The van der Waals surface area contributed by atoms with Crippen molar-refractivity contribution in [2.75, 3.05) is 108 Å². The molecule has 0 saturated heterocycles. The molecule has 0 aromatic rings. The summed E-state index contributed by atoms with van der Waals surface area (Å²) < 4.78 is 50.5. The molecule has 0 rings (SSSR count). The summed E-state index contributed by atoms with van der Waals surface area (Å²) >= 11 is 0. The summed E-state index contributed by atoms with van der Waals surface area (Å²) in [6.45, 7) is 23.9. The molecular weight excluding hydrogens is 496 g/mol. The van der Waals surface area contributed by atoms with Gasteiger partial charge in [-0.05, 0) is 55.4 Å². The first-order chi connectivity index (χ1) is 18.1. The van der Waals surface area contributed by atoms with Crippen LogP contribution in [0.1, 0.15) is 55.4 Å². The van der Waals surface area contributed by atoms with Crippen LogP contribution < -0.4 is 0 Å². The van der Waals surface area contributed by atoms with Gasteiger partial charge in [0.25, 0.3) is 0 Å². The molecule has 0 fully saturated rings. The average Bonchev–Trinajstić information content (AvgIpc) is 2.86. The molecule has 0 N–H and O–H groups in total. The molecule has 0 radical (unpaired) electrons. The van der Waals surface area contributed by atoms with E-state index >= 15 is 0 Å². The Kier molecular flexibility index (Phi) is 48.2. The first-order valence-corrected chi connectivity index (χ1v) is 13.7. The highest BCUT2D eigenvalue weighted by Gasteiger charge is 1.94. The Balaban J connectivity index is -0.000000215. The molecule has 0 aliphatic carbocycles. The third-order valence-electron chi connectivity index (χ3n) is 3.80. The number of methoxy groups -OCH3 is 4. The van der Waals surface area contributed by atoms with Crippen LogP contribution in [0.15, 0.2) is 0 Å². The Morgan fingerprint density at radius 3 is 0.763 bits per heavy atom. The van der Waals surface area contributed by atoms with E-state index in [-0.39, 0.29) is 6.10 Å². The van der Waals surface area contributed by atoms with Crippen LogP contribution in [0.5, 0.6) is 0 Å². The molecule has 0 aliphatic rings. The zero-order valence-electron chi connectivity index (χ0n) is 26.9. The van der Waals surface area contributed by atoms with Crippen molar-refractivity contribution in [3.63, 3.8) is 0 Å². The Labute approximate surface area is 235 Å². The van der Waals surface area contributed by atoms with Crippen molar-refractivity contribution >= 4 is 0 Å². The second-order valence-corrected chi connectivity index (χ2v) is 8.86. The van der Waals surface area contributed by atoms with Gasteiger partial charge in [-0.15, -0.1) is 0 Å². The summed E-state index contributed by atoms with van der Waals surface area (Å²) in [7, 11) is 6.69. The molecule has 38 heavy (non-hydrogen) atoms. The van der Waals surface area contributed by atoms with Crippen molar-refractivity contribution in [1.29, 1.82) is 0 Å². The summed E-state index contributed by atoms with van der Waals surface area (Å²) in [6, 6.07) is 0. The molecule has 0 atom stereocenters. The van der Waals surface area contributed by atoms with Gasteiger partial charge in [0.2, 0.25) is 0 Å². The molecule has 10 nitrogen and oxygen atoms in total. The fraction of sp³-hybridized carbons (Fsp3) is 1.00. The molecule has 0 aromatic carbocycles. The van der Waals surface area contributed by atoms with Crippen LogP contribution in [0, 0.1) is 0 Å². The van der Waals surface area contributed by atoms with Crippen LogP contribution in [0.4, 0.5) is 0 Å². The maximum Gasteiger partial charge on any atom is 0.0703 e. The Morgan fingerprint density at radius 2 is 0.526 bits per heavy atom. The van der Waals surface area contributed by atoms with E-state index in [1.54, 1.807) is 28.4 Å². The summed E-state index contributed by atoms with van der Waals surface area (Å²) in [5.41, 5.74) is 0. The molecule has 0 unspecified atom stereocenters. The van der Waals surface area contributed by atoms with Crippen molar-refractivity contribution < 1.29 is 47.4 Å². The lowest BCUT2D eigenvalue weighted by Gasteiger charge is -2.08. The highest BCUT2D eigenvalue weighted by Crippen LogP contribution is 1.88. The first kappa shape index (κ1) is 44.6. The van der Waals surface area contributed by atoms with Gasteiger partial charge in [0.15, 0.2) is 0 Å². The molecule has 0 saturated carbocycles. The summed E-state index contributed by atoms with van der Waals surface area (Å²) in [6.07, 6.45) is 1.28. The SMILES string of the molecule is COC(C)C.COCCOC(C)C.COCCOCCOC(C)C.COCCOCCOCCOC(C)C. The lowest BCUT2D eigenvalue weighted by molar-refractivity contribution is -0.00820. The van der Waals surface area contributed by atoms with E-state index in [9.17, 15) is 0 Å². The second-order valence-electron chi connectivity index (χ2n) is 8.86. The lowest BCUT2D eigenvalue weighted by Crippen LogP contribution is -2.13. The predicted octanol–water partition coefficient (Wildman–Crippen LogP) is 4.26. The number of hydrogen-bond donors (Lipinski definition) is 0. The first-order valence-electron chi connectivity index (χ1n) is 13.7. The highest BCUT2D eigenvalue weighted by molar-refractivity contribution is 4.38. The molecule has 0 aromatic heterocycles. The smallest absolute Gasteiger partial charge is 0.0703 e. The standard InChI is InChI=1S/C10H22O4.C8H18O3.C6H14O2.C4H10O/c1-10(2)14-9-8-13-7-6-12-5-4-11-3;1-8(2)11-7-6-10-5-4-9-3;1-6(2)8-5-4-7-3;1-4(2)5-3/h10H,4-9H2,1-3H3;8H,4-7H2,1-3H3;6H,4-5H2,1-3H3;4H,1-3H3. The van der Waals surface area contributed by atoms with Crippen LogP contribution in [-0.2, 0) is 47.4 Å². The van der Waals surface area contributed by atoms with Crippen molar-refractivity contribution in [3.8, 4) is 0 Å². The van der Waals surface area contributed by atoms with Crippen molar-refractivity contribution in [3.05, 3.63) is 0 Å². The lowest BCUT2D eigenvalue weighted by atomic mass is 10.5. The largest absolute Gasteiger partial charge is 0.382 e. The quantitative estimate of drug-likeness (QED) is 0.179. The van der Waals surface area contributed by atoms with Gasteiger partial charge >= 0.3 is 0 Å². The molecule has 0 amide bonds. The van der Waals surface area contributed by atoms with Gasteiger partial charge in [-0.25, -0.2) is 0 Å². The van der Waals surface area contributed by atoms with E-state index in [0.29, 0.717) is 97.6 Å². The third-order valence-corrected chi connectivity index (χ3v) is 3.80. The molecule has 0 bridgehead atoms. The van der Waals surface area contributed by atoms with Crippen LogP contribution >= 0.6 is 0 Å². The van der Waals surface area contributed by atoms with Gasteiger partial charge in [0, 0.05) is 28.4 Å². The van der Waals surface area contributed by atoms with Gasteiger partial charge in [-0.1, -0.05) is 0 Å². The van der Waals surface area contributed by atoms with Crippen LogP contribution in [-0.4, -0.2) is 132 Å². The average molecular weight is 561 g/mol. The fourth-order valence-electron chi connectivity index (χ4n) is 1.76. The highest BCUT2D eigenvalue weighted by atomic mass is 16.6. The minimum absolute atomic E-state index is 0.275. The topological polar surface area (TPSA) is 92.3 Å². The molecule has 0 aliphatic heterocycles. The van der Waals surface area contributed by atoms with E-state index in [1.807, 2.05) is 55.4 Å². The van der Waals surface area contributed by atoms with Gasteiger partial charge < -0.3 is 47.4 Å². The van der Waals surface area contributed by atoms with Crippen molar-refractivity contribution in [2.45, 2.75) is 79.8 Å². The molecule has 10 heteroatoms. The third kappa shape index (κ3) is 65.0. The van der Waals surface area contributed by atoms with E-state index in [0.717, 1.165) is 0 Å². The maximum absolute atomic E-state index is 5.30. The van der Waals surface area contributed by atoms with Crippen LogP contribution in [0.25, 0.3) is 0 Å². The van der Waals surface area contributed by atoms with Crippen LogP contribution in [0.3, 0.4) is 0 Å². The number of rotatable bonds is 22. The zero-order chi connectivity index (χ0) is 29.9. The Hall–Kier alpha value is -0.400. The molecular formula is C28H64O10. The molecule has 236 valence electrons. The van der Waals surface area contributed by atoms with Gasteiger partial charge in [0.1, 0.15) is 0 Å². The summed E-state index contributed by atoms with van der Waals surface area (Å²) in [5.74, 6) is 0. The molecule has 0 spiro atoms. The Bertz CT molecular complexity index is 370. The normalized spacial score (nSPS) is 10.7.